The molecule has 0 radical (unpaired) electrons. The lowest BCUT2D eigenvalue weighted by Gasteiger charge is -2.40. The van der Waals surface area contributed by atoms with Gasteiger partial charge in [-0.25, -0.2) is 0 Å². The molecule has 1 nitrogen and oxygen atoms in total. The fourth-order valence-electron chi connectivity index (χ4n) is 4.50. The van der Waals surface area contributed by atoms with Crippen molar-refractivity contribution in [1.82, 2.24) is 0 Å². The summed E-state index contributed by atoms with van der Waals surface area (Å²) in [6, 6.07) is 10.6. The molecule has 0 spiro atoms. The maximum atomic E-state index is 13.4. The van der Waals surface area contributed by atoms with E-state index < -0.39 is 0 Å². The maximum absolute atomic E-state index is 13.4. The monoisotopic (exact) mass is 284 g/mol. The zero-order valence-corrected chi connectivity index (χ0v) is 13.3. The predicted molar refractivity (Wildman–Crippen MR) is 87.3 cm³/mol. The Bertz CT molecular complexity index is 462. The Kier molecular flexibility index (Phi) is 4.47. The first-order valence-corrected chi connectivity index (χ1v) is 8.82. The van der Waals surface area contributed by atoms with Gasteiger partial charge in [0.25, 0.3) is 0 Å². The van der Waals surface area contributed by atoms with E-state index in [-0.39, 0.29) is 5.41 Å². The maximum Gasteiger partial charge on any atom is 0.146 e. The van der Waals surface area contributed by atoms with Crippen molar-refractivity contribution in [3.63, 3.8) is 0 Å². The molecule has 0 heterocycles. The lowest BCUT2D eigenvalue weighted by Crippen LogP contribution is -2.42. The van der Waals surface area contributed by atoms with Gasteiger partial charge >= 0.3 is 0 Å². The molecule has 0 amide bonds. The Morgan fingerprint density at radius 3 is 2.19 bits per heavy atom. The van der Waals surface area contributed by atoms with Gasteiger partial charge in [-0.3, -0.25) is 4.79 Å². The van der Waals surface area contributed by atoms with Crippen molar-refractivity contribution in [2.45, 2.75) is 70.1 Å². The van der Waals surface area contributed by atoms with Crippen molar-refractivity contribution >= 4 is 5.78 Å². The SMILES string of the molecule is CC1CCC(C(=O)C2(c3ccccc3)CCCCC2)CC1. The molecular formula is C20H28O. The fourth-order valence-corrected chi connectivity index (χ4v) is 4.50. The van der Waals surface area contributed by atoms with Crippen LogP contribution in [0, 0.1) is 11.8 Å². The van der Waals surface area contributed by atoms with Crippen LogP contribution in [-0.2, 0) is 10.2 Å². The largest absolute Gasteiger partial charge is 0.298 e. The molecule has 1 heteroatoms. The van der Waals surface area contributed by atoms with E-state index in [1.54, 1.807) is 0 Å². The number of hydrogen-bond acceptors (Lipinski definition) is 1. The van der Waals surface area contributed by atoms with E-state index >= 15 is 0 Å². The second kappa shape index (κ2) is 6.34. The summed E-state index contributed by atoms with van der Waals surface area (Å²) in [7, 11) is 0. The highest BCUT2D eigenvalue weighted by Gasteiger charge is 2.44. The predicted octanol–water partition coefficient (Wildman–Crippen LogP) is 5.28. The Labute approximate surface area is 129 Å². The minimum Gasteiger partial charge on any atom is -0.298 e. The summed E-state index contributed by atoms with van der Waals surface area (Å²) in [5.74, 6) is 1.70. The molecular weight excluding hydrogens is 256 g/mol. The van der Waals surface area contributed by atoms with Crippen molar-refractivity contribution in [3.8, 4) is 0 Å². The van der Waals surface area contributed by atoms with Crippen molar-refractivity contribution in [3.05, 3.63) is 35.9 Å². The van der Waals surface area contributed by atoms with Crippen molar-refractivity contribution in [2.75, 3.05) is 0 Å². The number of benzene rings is 1. The summed E-state index contributed by atoms with van der Waals surface area (Å²) >= 11 is 0. The van der Waals surface area contributed by atoms with E-state index in [1.165, 1.54) is 37.7 Å². The molecule has 0 aromatic heterocycles. The van der Waals surface area contributed by atoms with Gasteiger partial charge in [-0.05, 0) is 37.2 Å². The van der Waals surface area contributed by atoms with Gasteiger partial charge < -0.3 is 0 Å². The summed E-state index contributed by atoms with van der Waals surface area (Å²) in [6.07, 6.45) is 10.6. The Hall–Kier alpha value is -1.11. The summed E-state index contributed by atoms with van der Waals surface area (Å²) in [5.41, 5.74) is 1.12. The lowest BCUT2D eigenvalue weighted by molar-refractivity contribution is -0.131. The molecule has 1 aromatic rings. The standard InChI is InChI=1S/C20H28O/c1-16-10-12-17(13-11-16)19(21)20(14-6-3-7-15-20)18-8-4-2-5-9-18/h2,4-5,8-9,16-17H,3,6-7,10-15H2,1H3. The third-order valence-electron chi connectivity index (χ3n) is 5.89. The number of rotatable bonds is 3. The number of ketones is 1. The van der Waals surface area contributed by atoms with Crippen LogP contribution in [0.25, 0.3) is 0 Å². The molecule has 2 fully saturated rings. The molecule has 0 bridgehead atoms. The Morgan fingerprint density at radius 2 is 1.57 bits per heavy atom. The third kappa shape index (κ3) is 2.93. The minimum atomic E-state index is -0.162. The van der Waals surface area contributed by atoms with E-state index in [4.69, 9.17) is 0 Å². The highest BCUT2D eigenvalue weighted by Crippen LogP contribution is 2.44. The van der Waals surface area contributed by atoms with Crippen LogP contribution in [0.3, 0.4) is 0 Å². The zero-order valence-electron chi connectivity index (χ0n) is 13.3. The number of carbonyl (C=O) groups is 1. The van der Waals surface area contributed by atoms with Crippen molar-refractivity contribution in [2.24, 2.45) is 11.8 Å². The quantitative estimate of drug-likeness (QED) is 0.737. The molecule has 21 heavy (non-hydrogen) atoms. The molecule has 2 aliphatic carbocycles. The second-order valence-corrected chi connectivity index (χ2v) is 7.33. The molecule has 2 aliphatic rings. The van der Waals surface area contributed by atoms with Gasteiger partial charge in [0.2, 0.25) is 0 Å². The molecule has 0 saturated heterocycles. The van der Waals surface area contributed by atoms with Gasteiger partial charge in [-0.1, -0.05) is 69.4 Å². The van der Waals surface area contributed by atoms with E-state index in [1.807, 2.05) is 0 Å². The number of hydrogen-bond donors (Lipinski definition) is 0. The smallest absolute Gasteiger partial charge is 0.146 e. The molecule has 0 unspecified atom stereocenters. The first-order valence-electron chi connectivity index (χ1n) is 8.82. The average molecular weight is 284 g/mol. The van der Waals surface area contributed by atoms with Crippen LogP contribution in [0.1, 0.15) is 70.3 Å². The Morgan fingerprint density at radius 1 is 0.952 bits per heavy atom. The van der Waals surface area contributed by atoms with Crippen LogP contribution < -0.4 is 0 Å². The topological polar surface area (TPSA) is 17.1 Å². The molecule has 3 rings (SSSR count). The van der Waals surface area contributed by atoms with Crippen LogP contribution in [0.5, 0.6) is 0 Å². The molecule has 0 N–H and O–H groups in total. The fraction of sp³-hybridized carbons (Fsp3) is 0.650. The van der Waals surface area contributed by atoms with Crippen LogP contribution in [0.2, 0.25) is 0 Å². The Balaban J connectivity index is 1.87. The van der Waals surface area contributed by atoms with Gasteiger partial charge in [-0.2, -0.15) is 0 Å². The molecule has 0 aliphatic heterocycles. The first kappa shape index (κ1) is 14.8. The van der Waals surface area contributed by atoms with Crippen molar-refractivity contribution in [1.29, 1.82) is 0 Å². The average Bonchev–Trinajstić information content (AvgIpc) is 2.56. The molecule has 0 atom stereocenters. The third-order valence-corrected chi connectivity index (χ3v) is 5.89. The van der Waals surface area contributed by atoms with E-state index in [9.17, 15) is 4.79 Å². The number of carbonyl (C=O) groups excluding carboxylic acids is 1. The summed E-state index contributed by atoms with van der Waals surface area (Å²) in [5, 5.41) is 0. The molecule has 2 saturated carbocycles. The van der Waals surface area contributed by atoms with Crippen LogP contribution in [0.4, 0.5) is 0 Å². The highest BCUT2D eigenvalue weighted by atomic mass is 16.1. The normalized spacial score (nSPS) is 29.0. The summed E-state index contributed by atoms with van der Waals surface area (Å²) in [4.78, 5) is 13.4. The minimum absolute atomic E-state index is 0.162. The van der Waals surface area contributed by atoms with Crippen LogP contribution >= 0.6 is 0 Å². The number of Topliss-reactive ketones (excluding diaryl/α,β-unsaturated/α-hetero) is 1. The lowest BCUT2D eigenvalue weighted by atomic mass is 9.62. The van der Waals surface area contributed by atoms with Gasteiger partial charge in [0.15, 0.2) is 0 Å². The van der Waals surface area contributed by atoms with Crippen LogP contribution in [0.15, 0.2) is 30.3 Å². The van der Waals surface area contributed by atoms with E-state index in [2.05, 4.69) is 37.3 Å². The first-order chi connectivity index (χ1) is 10.2. The van der Waals surface area contributed by atoms with Crippen LogP contribution in [-0.4, -0.2) is 5.78 Å². The summed E-state index contributed by atoms with van der Waals surface area (Å²) in [6.45, 7) is 2.33. The van der Waals surface area contributed by atoms with Gasteiger partial charge in [-0.15, -0.1) is 0 Å². The highest BCUT2D eigenvalue weighted by molar-refractivity contribution is 5.92. The van der Waals surface area contributed by atoms with Gasteiger partial charge in [0.1, 0.15) is 5.78 Å². The second-order valence-electron chi connectivity index (χ2n) is 7.33. The van der Waals surface area contributed by atoms with Gasteiger partial charge in [0, 0.05) is 5.92 Å². The summed E-state index contributed by atoms with van der Waals surface area (Å²) < 4.78 is 0. The zero-order chi connectivity index (χ0) is 14.7. The van der Waals surface area contributed by atoms with Crippen molar-refractivity contribution < 1.29 is 4.79 Å². The van der Waals surface area contributed by atoms with E-state index in [0.717, 1.165) is 31.6 Å². The molecule has 114 valence electrons. The van der Waals surface area contributed by atoms with Gasteiger partial charge in [0.05, 0.1) is 5.41 Å². The van der Waals surface area contributed by atoms with E-state index in [0.29, 0.717) is 11.7 Å². The molecule has 1 aromatic carbocycles.